The van der Waals surface area contributed by atoms with Gasteiger partial charge in [-0.2, -0.15) is 22.9 Å². The van der Waals surface area contributed by atoms with Crippen LogP contribution >= 0.6 is 0 Å². The Hall–Kier alpha value is -6.62. The molecule has 0 bridgehead atoms. The Morgan fingerprint density at radius 3 is 1.32 bits per heavy atom. The summed E-state index contributed by atoms with van der Waals surface area (Å²) in [7, 11) is 0. The van der Waals surface area contributed by atoms with E-state index in [-0.39, 0.29) is 41.5 Å². The average molecular weight is 1090 g/mol. The molecule has 0 amide bonds. The summed E-state index contributed by atoms with van der Waals surface area (Å²) in [5, 5.41) is 1.83. The fourth-order valence-corrected chi connectivity index (χ4v) is 8.05. The summed E-state index contributed by atoms with van der Waals surface area (Å²) in [5.74, 6) is 2.46. The van der Waals surface area contributed by atoms with Crippen LogP contribution in [0.25, 0.3) is 72.5 Å². The van der Waals surface area contributed by atoms with Gasteiger partial charge >= 0.3 is 41.5 Å². The van der Waals surface area contributed by atoms with E-state index in [1.807, 2.05) is 89.8 Å². The van der Waals surface area contributed by atoms with E-state index in [0.717, 1.165) is 44.4 Å². The van der Waals surface area contributed by atoms with Crippen LogP contribution in [0.15, 0.2) is 146 Å². The first-order valence-corrected chi connectivity index (χ1v) is 19.9. The Morgan fingerprint density at radius 1 is 0.460 bits per heavy atom. The monoisotopic (exact) mass is 1090 g/mol. The molecule has 4 heterocycles. The predicted octanol–water partition coefficient (Wildman–Crippen LogP) is 12.4. The number of hydrogen-bond acceptors (Lipinski definition) is 7. The predicted molar refractivity (Wildman–Crippen MR) is 239 cm³/mol. The van der Waals surface area contributed by atoms with Crippen LogP contribution in [-0.2, 0) is 41.5 Å². The molecule has 4 aromatic heterocycles. The molecule has 0 saturated carbocycles. The van der Waals surface area contributed by atoms with Gasteiger partial charge in [0.05, 0.1) is 0 Å². The Labute approximate surface area is 394 Å². The van der Waals surface area contributed by atoms with Crippen molar-refractivity contribution in [2.45, 2.75) is 27.7 Å². The van der Waals surface area contributed by atoms with Gasteiger partial charge in [-0.3, -0.25) is 0 Å². The van der Waals surface area contributed by atoms with Crippen molar-refractivity contribution in [1.29, 1.82) is 0 Å². The van der Waals surface area contributed by atoms with E-state index in [1.165, 1.54) is 46.0 Å². The molecule has 63 heavy (non-hydrogen) atoms. The van der Waals surface area contributed by atoms with Crippen LogP contribution in [0.4, 0.5) is 0 Å². The van der Waals surface area contributed by atoms with Crippen molar-refractivity contribution in [1.82, 2.24) is 29.5 Å². The van der Waals surface area contributed by atoms with E-state index >= 15 is 0 Å². The van der Waals surface area contributed by atoms with Gasteiger partial charge in [-0.05, 0) is 95.7 Å². The molecule has 0 aliphatic heterocycles. The Morgan fingerprint density at radius 2 is 0.873 bits per heavy atom. The maximum absolute atomic E-state index is 6.43. The van der Waals surface area contributed by atoms with Gasteiger partial charge in [0.1, 0.15) is 12.7 Å². The number of aryl methyl sites for hydroxylation is 4. The smallest absolute Gasteiger partial charge is 0.503 e. The zero-order valence-corrected chi connectivity index (χ0v) is 38.3. The van der Waals surface area contributed by atoms with E-state index in [4.69, 9.17) is 9.47 Å². The molecule has 10 heteroatoms. The third-order valence-electron chi connectivity index (χ3n) is 10.8. The second-order valence-electron chi connectivity index (χ2n) is 14.9. The molecule has 0 radical (unpaired) electrons. The van der Waals surface area contributed by atoms with Gasteiger partial charge in [0.15, 0.2) is 0 Å². The van der Waals surface area contributed by atoms with E-state index in [0.29, 0.717) is 40.0 Å². The van der Waals surface area contributed by atoms with Crippen LogP contribution in [0.5, 0.6) is 23.0 Å². The average Bonchev–Trinajstić information content (AvgIpc) is 3.60. The first-order valence-electron chi connectivity index (χ1n) is 19.9. The fourth-order valence-electron chi connectivity index (χ4n) is 8.05. The van der Waals surface area contributed by atoms with Gasteiger partial charge in [-0.15, -0.1) is 71.8 Å². The number of benzene rings is 6. The summed E-state index contributed by atoms with van der Waals surface area (Å²) in [5.41, 5.74) is 14.1. The van der Waals surface area contributed by atoms with Gasteiger partial charge in [0, 0.05) is 35.4 Å². The topological polar surface area (TPSA) is 87.8 Å². The quantitative estimate of drug-likeness (QED) is 0.105. The molecule has 8 nitrogen and oxygen atoms in total. The van der Waals surface area contributed by atoms with Crippen molar-refractivity contribution in [3.8, 4) is 73.7 Å². The third kappa shape index (κ3) is 8.61. The van der Waals surface area contributed by atoms with Gasteiger partial charge in [-0.1, -0.05) is 71.7 Å². The molecular weight excluding hydrogens is 1050 g/mol. The number of fused-ring (bicyclic) bond motifs is 3. The number of hydrogen-bond donors (Lipinski definition) is 0. The minimum atomic E-state index is 0. The van der Waals surface area contributed by atoms with E-state index in [2.05, 4.69) is 125 Å². The van der Waals surface area contributed by atoms with Gasteiger partial charge in [0.25, 0.3) is 0 Å². The standard InChI is InChI=1S/C53H36N6O2.Pd.Pt/c1-33-9-5-10-34(2)51(33)39-21-23-55-47(27-39)37-13-7-15-41(25-37)60-43-17-19-45-46-20-18-44(30-50(46)59(49(45)29-43)53-57-31-54-32-58-53)61-42-16-8-14-38(26-42)48-28-40(22-24-56-48)52-35(3)11-6-12-36(52)4;;/h5-24,27-28,31-32H,1-4H3;;/q-4;2*+2. The maximum atomic E-state index is 6.43. The van der Waals surface area contributed by atoms with Gasteiger partial charge < -0.3 is 24.0 Å². The number of pyridine rings is 2. The van der Waals surface area contributed by atoms with E-state index in [9.17, 15) is 0 Å². The Bertz CT molecular complexity index is 3040. The molecule has 10 rings (SSSR count). The molecule has 310 valence electrons. The molecule has 0 N–H and O–H groups in total. The summed E-state index contributed by atoms with van der Waals surface area (Å²) < 4.78 is 14.8. The van der Waals surface area contributed by atoms with Crippen molar-refractivity contribution in [2.24, 2.45) is 0 Å². The second-order valence-corrected chi connectivity index (χ2v) is 14.9. The second kappa shape index (κ2) is 18.4. The fraction of sp³-hybridized carbons (Fsp3) is 0.0755. The molecule has 0 aliphatic carbocycles. The Kier molecular flexibility index (Phi) is 12.6. The third-order valence-corrected chi connectivity index (χ3v) is 10.8. The molecule has 0 unspecified atom stereocenters. The number of aromatic nitrogens is 6. The largest absolute Gasteiger partial charge is 2.00 e. The van der Waals surface area contributed by atoms with E-state index < -0.39 is 0 Å². The minimum absolute atomic E-state index is 0. The SMILES string of the molecule is Cc1cccc(C)c1-c1ccnc(-c2[c-]c(Oc3[c-]c4c(cc3)c3ccc(Oc5[c-]c(-c6cc(-c7c(C)cccc7C)ccn6)ccc5)[c-]c3n4-c3ncncn3)ccc2)c1.[Pd+2].[Pt+2]. The van der Waals surface area contributed by atoms with Crippen LogP contribution < -0.4 is 9.47 Å². The molecule has 10 aromatic rings. The molecule has 0 spiro atoms. The van der Waals surface area contributed by atoms with Gasteiger partial charge in [0.2, 0.25) is 5.95 Å². The minimum Gasteiger partial charge on any atom is -0.503 e. The van der Waals surface area contributed by atoms with E-state index in [1.54, 1.807) is 0 Å². The molecule has 0 aliphatic rings. The van der Waals surface area contributed by atoms with Crippen LogP contribution in [-0.4, -0.2) is 29.5 Å². The van der Waals surface area contributed by atoms with Crippen molar-refractivity contribution in [3.63, 3.8) is 0 Å². The van der Waals surface area contributed by atoms with Crippen molar-refractivity contribution in [2.75, 3.05) is 0 Å². The number of ether oxygens (including phenoxy) is 2. The number of nitrogens with zero attached hydrogens (tertiary/aromatic N) is 6. The molecular formula is C53H36N6O2PdPt. The summed E-state index contributed by atoms with van der Waals surface area (Å²) in [4.78, 5) is 22.5. The van der Waals surface area contributed by atoms with Gasteiger partial charge in [-0.25, -0.2) is 15.0 Å². The summed E-state index contributed by atoms with van der Waals surface area (Å²) >= 11 is 0. The van der Waals surface area contributed by atoms with Crippen LogP contribution in [0.1, 0.15) is 22.3 Å². The molecule has 0 atom stereocenters. The summed E-state index contributed by atoms with van der Waals surface area (Å²) in [6.07, 6.45) is 6.61. The Balaban J connectivity index is 0.00000272. The normalized spacial score (nSPS) is 10.9. The van der Waals surface area contributed by atoms with Crippen LogP contribution in [0, 0.1) is 52.0 Å². The van der Waals surface area contributed by atoms with Crippen molar-refractivity contribution >= 4 is 21.8 Å². The van der Waals surface area contributed by atoms with Crippen molar-refractivity contribution in [3.05, 3.63) is 193 Å². The van der Waals surface area contributed by atoms with Crippen LogP contribution in [0.2, 0.25) is 0 Å². The summed E-state index contributed by atoms with van der Waals surface area (Å²) in [6, 6.07) is 54.2. The molecule has 6 aromatic carbocycles. The first-order chi connectivity index (χ1) is 29.9. The van der Waals surface area contributed by atoms with Crippen LogP contribution in [0.3, 0.4) is 0 Å². The molecule has 0 saturated heterocycles. The first kappa shape index (κ1) is 43.0. The number of rotatable bonds is 9. The van der Waals surface area contributed by atoms with Crippen molar-refractivity contribution < 1.29 is 51.0 Å². The zero-order valence-electron chi connectivity index (χ0n) is 34.5. The zero-order chi connectivity index (χ0) is 41.5. The maximum Gasteiger partial charge on any atom is 2.00 e. The molecule has 0 fully saturated rings. The summed E-state index contributed by atoms with van der Waals surface area (Å²) in [6.45, 7) is 8.53.